The summed E-state index contributed by atoms with van der Waals surface area (Å²) in [5.74, 6) is 6.19. The first-order chi connectivity index (χ1) is 9.27. The normalized spacial score (nSPS) is 19.4. The average molecular weight is 257 g/mol. The highest BCUT2D eigenvalue weighted by molar-refractivity contribution is 5.33. The highest BCUT2D eigenvalue weighted by Gasteiger charge is 2.26. The molecule has 0 aliphatic carbocycles. The molecule has 0 saturated carbocycles. The second-order valence-electron chi connectivity index (χ2n) is 5.31. The van der Waals surface area contributed by atoms with Crippen molar-refractivity contribution in [2.45, 2.75) is 38.8 Å². The molecule has 102 valence electrons. The van der Waals surface area contributed by atoms with Gasteiger partial charge in [0.05, 0.1) is 6.61 Å². The minimum Gasteiger partial charge on any atom is -0.367 e. The molecule has 1 aromatic rings. The van der Waals surface area contributed by atoms with Gasteiger partial charge in [0.25, 0.3) is 0 Å². The molecule has 1 atom stereocenters. The van der Waals surface area contributed by atoms with E-state index in [9.17, 15) is 0 Å². The van der Waals surface area contributed by atoms with Gasteiger partial charge in [0.1, 0.15) is 6.61 Å². The Morgan fingerprint density at radius 1 is 1.32 bits per heavy atom. The van der Waals surface area contributed by atoms with Gasteiger partial charge < -0.3 is 4.74 Å². The Kier molecular flexibility index (Phi) is 5.44. The van der Waals surface area contributed by atoms with Gasteiger partial charge in [0, 0.05) is 17.6 Å². The summed E-state index contributed by atoms with van der Waals surface area (Å²) in [6, 6.07) is 11.2. The number of benzene rings is 1. The van der Waals surface area contributed by atoms with Crippen LogP contribution in [0, 0.1) is 11.8 Å². The van der Waals surface area contributed by atoms with Crippen molar-refractivity contribution < 1.29 is 4.74 Å². The van der Waals surface area contributed by atoms with Gasteiger partial charge in [0.2, 0.25) is 0 Å². The molecule has 0 unspecified atom stereocenters. The maximum absolute atomic E-state index is 5.70. The second-order valence-corrected chi connectivity index (χ2v) is 5.31. The molecule has 1 saturated heterocycles. The van der Waals surface area contributed by atoms with Gasteiger partial charge in [-0.25, -0.2) is 0 Å². The van der Waals surface area contributed by atoms with Crippen LogP contribution < -0.4 is 0 Å². The second kappa shape index (κ2) is 7.33. The number of hydrogen-bond acceptors (Lipinski definition) is 2. The molecule has 1 aromatic carbocycles. The summed E-state index contributed by atoms with van der Waals surface area (Å²) in [5, 5.41) is 0. The molecule has 2 heteroatoms. The summed E-state index contributed by atoms with van der Waals surface area (Å²) in [4.78, 5) is 2.53. The smallest absolute Gasteiger partial charge is 0.108 e. The molecule has 1 heterocycles. The van der Waals surface area contributed by atoms with Crippen LogP contribution in [0.3, 0.4) is 0 Å². The summed E-state index contributed by atoms with van der Waals surface area (Å²) in [5.41, 5.74) is 1.05. The average Bonchev–Trinajstić information content (AvgIpc) is 2.88. The molecule has 19 heavy (non-hydrogen) atoms. The van der Waals surface area contributed by atoms with Gasteiger partial charge in [-0.15, -0.1) is 0 Å². The van der Waals surface area contributed by atoms with Crippen molar-refractivity contribution in [3.63, 3.8) is 0 Å². The van der Waals surface area contributed by atoms with Crippen LogP contribution in [0.1, 0.15) is 32.3 Å². The van der Waals surface area contributed by atoms with Crippen LogP contribution >= 0.6 is 0 Å². The summed E-state index contributed by atoms with van der Waals surface area (Å²) < 4.78 is 5.70. The van der Waals surface area contributed by atoms with E-state index in [4.69, 9.17) is 4.74 Å². The molecule has 1 fully saturated rings. The maximum Gasteiger partial charge on any atom is 0.108 e. The van der Waals surface area contributed by atoms with Crippen LogP contribution in [-0.2, 0) is 4.74 Å². The summed E-state index contributed by atoms with van der Waals surface area (Å²) in [6.45, 7) is 7.06. The zero-order chi connectivity index (χ0) is 13.5. The molecular formula is C17H23NO. The fourth-order valence-electron chi connectivity index (χ4n) is 2.62. The third kappa shape index (κ3) is 4.38. The van der Waals surface area contributed by atoms with Crippen molar-refractivity contribution in [3.8, 4) is 11.8 Å². The first kappa shape index (κ1) is 14.1. The lowest BCUT2D eigenvalue weighted by Crippen LogP contribution is -2.38. The van der Waals surface area contributed by atoms with Gasteiger partial charge in [-0.05, 0) is 45.4 Å². The van der Waals surface area contributed by atoms with Crippen LogP contribution in [0.2, 0.25) is 0 Å². The van der Waals surface area contributed by atoms with Crippen LogP contribution in [0.4, 0.5) is 0 Å². The van der Waals surface area contributed by atoms with Crippen molar-refractivity contribution in [2.24, 2.45) is 0 Å². The zero-order valence-electron chi connectivity index (χ0n) is 11.9. The van der Waals surface area contributed by atoms with Crippen LogP contribution in [-0.4, -0.2) is 36.7 Å². The fraction of sp³-hybridized carbons (Fsp3) is 0.529. The third-order valence-corrected chi connectivity index (χ3v) is 3.58. The number of ether oxygens (including phenoxy) is 1. The summed E-state index contributed by atoms with van der Waals surface area (Å²) in [6.07, 6.45) is 2.55. The Balaban J connectivity index is 1.71. The number of hydrogen-bond donors (Lipinski definition) is 0. The molecule has 2 rings (SSSR count). The van der Waals surface area contributed by atoms with Gasteiger partial charge >= 0.3 is 0 Å². The molecule has 0 aromatic heterocycles. The predicted octanol–water partition coefficient (Wildman–Crippen LogP) is 2.93. The van der Waals surface area contributed by atoms with Gasteiger partial charge in [0.15, 0.2) is 0 Å². The minimum absolute atomic E-state index is 0.525. The Morgan fingerprint density at radius 2 is 2.11 bits per heavy atom. The quantitative estimate of drug-likeness (QED) is 0.607. The van der Waals surface area contributed by atoms with E-state index in [-0.39, 0.29) is 0 Å². The fourth-order valence-corrected chi connectivity index (χ4v) is 2.62. The third-order valence-electron chi connectivity index (χ3n) is 3.58. The minimum atomic E-state index is 0.525. The van der Waals surface area contributed by atoms with Crippen molar-refractivity contribution >= 4 is 0 Å². The molecule has 0 radical (unpaired) electrons. The van der Waals surface area contributed by atoms with Crippen LogP contribution in [0.5, 0.6) is 0 Å². The van der Waals surface area contributed by atoms with E-state index < -0.39 is 0 Å². The largest absolute Gasteiger partial charge is 0.367 e. The molecule has 0 N–H and O–H groups in total. The standard InChI is InChI=1S/C17H23NO/c1-15(2)18-12-6-11-17(18)14-19-13-7-10-16-8-4-3-5-9-16/h3-5,8-9,15,17H,6,11-14H2,1-2H3/t17-/m1/s1. The molecule has 0 amide bonds. The van der Waals surface area contributed by atoms with Crippen LogP contribution in [0.15, 0.2) is 30.3 Å². The molecule has 0 bridgehead atoms. The maximum atomic E-state index is 5.70. The van der Waals surface area contributed by atoms with Crippen molar-refractivity contribution in [2.75, 3.05) is 19.8 Å². The lowest BCUT2D eigenvalue weighted by atomic mass is 10.2. The monoisotopic (exact) mass is 257 g/mol. The molecule has 2 nitrogen and oxygen atoms in total. The summed E-state index contributed by atoms with van der Waals surface area (Å²) in [7, 11) is 0. The number of rotatable bonds is 4. The highest BCUT2D eigenvalue weighted by atomic mass is 16.5. The van der Waals surface area contributed by atoms with E-state index in [1.807, 2.05) is 30.3 Å². The first-order valence-corrected chi connectivity index (χ1v) is 7.15. The van der Waals surface area contributed by atoms with E-state index in [1.54, 1.807) is 0 Å². The van der Waals surface area contributed by atoms with E-state index in [1.165, 1.54) is 19.4 Å². The van der Waals surface area contributed by atoms with E-state index in [0.717, 1.165) is 12.2 Å². The van der Waals surface area contributed by atoms with Crippen molar-refractivity contribution in [1.82, 2.24) is 4.90 Å². The van der Waals surface area contributed by atoms with Gasteiger partial charge in [-0.1, -0.05) is 30.0 Å². The first-order valence-electron chi connectivity index (χ1n) is 7.15. The Morgan fingerprint density at radius 3 is 2.84 bits per heavy atom. The van der Waals surface area contributed by atoms with E-state index in [2.05, 4.69) is 30.6 Å². The Bertz CT molecular complexity index is 430. The Hall–Kier alpha value is -1.30. The van der Waals surface area contributed by atoms with Gasteiger partial charge in [-0.2, -0.15) is 0 Å². The summed E-state index contributed by atoms with van der Waals surface area (Å²) >= 11 is 0. The molecule has 0 spiro atoms. The predicted molar refractivity (Wildman–Crippen MR) is 79.0 cm³/mol. The Labute approximate surface area is 116 Å². The lowest BCUT2D eigenvalue weighted by Gasteiger charge is -2.27. The van der Waals surface area contributed by atoms with E-state index in [0.29, 0.717) is 18.7 Å². The topological polar surface area (TPSA) is 12.5 Å². The number of likely N-dealkylation sites (tertiary alicyclic amines) is 1. The highest BCUT2D eigenvalue weighted by Crippen LogP contribution is 2.19. The van der Waals surface area contributed by atoms with Crippen molar-refractivity contribution in [3.05, 3.63) is 35.9 Å². The molecule has 1 aliphatic rings. The van der Waals surface area contributed by atoms with Gasteiger partial charge in [-0.3, -0.25) is 4.90 Å². The van der Waals surface area contributed by atoms with Crippen molar-refractivity contribution in [1.29, 1.82) is 0 Å². The SMILES string of the molecule is CC(C)N1CCC[C@@H]1COCC#Cc1ccccc1. The zero-order valence-corrected chi connectivity index (χ0v) is 11.9. The molecule has 1 aliphatic heterocycles. The number of nitrogens with zero attached hydrogens (tertiary/aromatic N) is 1. The molecular weight excluding hydrogens is 234 g/mol. The van der Waals surface area contributed by atoms with Crippen LogP contribution in [0.25, 0.3) is 0 Å². The lowest BCUT2D eigenvalue weighted by molar-refractivity contribution is 0.0830. The van der Waals surface area contributed by atoms with E-state index >= 15 is 0 Å².